The van der Waals surface area contributed by atoms with Crippen molar-refractivity contribution in [2.75, 3.05) is 0 Å². The summed E-state index contributed by atoms with van der Waals surface area (Å²) in [5, 5.41) is 7.96. The molecule has 3 heterocycles. The SMILES string of the molecule is c1ccc(-c2cccc3c2oc2c(-c4nc(-n5c6ccccc6c6c7ccccc7ccc65)nc5ccccc45)cccc23)cc1. The Balaban J connectivity index is 1.29. The van der Waals surface area contributed by atoms with E-state index < -0.39 is 0 Å². The van der Waals surface area contributed by atoms with E-state index in [0.29, 0.717) is 5.95 Å². The molecule has 0 saturated carbocycles. The molecule has 4 nitrogen and oxygen atoms in total. The number of rotatable bonds is 3. The molecule has 4 heteroatoms. The highest BCUT2D eigenvalue weighted by atomic mass is 16.3. The average molecular weight is 588 g/mol. The first-order chi connectivity index (χ1) is 22.8. The van der Waals surface area contributed by atoms with E-state index in [9.17, 15) is 0 Å². The second-order valence-electron chi connectivity index (χ2n) is 11.8. The predicted molar refractivity (Wildman–Crippen MR) is 190 cm³/mol. The van der Waals surface area contributed by atoms with Gasteiger partial charge >= 0.3 is 0 Å². The van der Waals surface area contributed by atoms with E-state index >= 15 is 0 Å². The van der Waals surface area contributed by atoms with Gasteiger partial charge in [-0.25, -0.2) is 9.97 Å². The molecule has 0 aliphatic heterocycles. The fourth-order valence-electron chi connectivity index (χ4n) is 7.18. The van der Waals surface area contributed by atoms with Gasteiger partial charge in [0.05, 0.1) is 22.2 Å². The van der Waals surface area contributed by atoms with Crippen LogP contribution in [0.4, 0.5) is 0 Å². The fourth-order valence-corrected chi connectivity index (χ4v) is 7.18. The highest BCUT2D eigenvalue weighted by Crippen LogP contribution is 2.42. The van der Waals surface area contributed by atoms with Gasteiger partial charge in [0.25, 0.3) is 0 Å². The normalized spacial score (nSPS) is 11.9. The van der Waals surface area contributed by atoms with E-state index in [1.807, 2.05) is 18.2 Å². The van der Waals surface area contributed by atoms with E-state index in [-0.39, 0.29) is 0 Å². The molecule has 0 aliphatic carbocycles. The van der Waals surface area contributed by atoms with Crippen LogP contribution in [0.3, 0.4) is 0 Å². The summed E-state index contributed by atoms with van der Waals surface area (Å²) in [5.74, 6) is 0.633. The van der Waals surface area contributed by atoms with Gasteiger partial charge in [0.15, 0.2) is 0 Å². The van der Waals surface area contributed by atoms with Crippen LogP contribution in [0.5, 0.6) is 0 Å². The summed E-state index contributed by atoms with van der Waals surface area (Å²) in [7, 11) is 0. The maximum Gasteiger partial charge on any atom is 0.235 e. The minimum absolute atomic E-state index is 0.633. The zero-order valence-corrected chi connectivity index (χ0v) is 24.7. The van der Waals surface area contributed by atoms with Gasteiger partial charge in [0.2, 0.25) is 5.95 Å². The average Bonchev–Trinajstić information content (AvgIpc) is 3.68. The lowest BCUT2D eigenvalue weighted by molar-refractivity contribution is 0.671. The molecule has 7 aromatic carbocycles. The molecule has 0 amide bonds. The number of hydrogen-bond donors (Lipinski definition) is 0. The molecule has 0 saturated heterocycles. The van der Waals surface area contributed by atoms with Gasteiger partial charge in [-0.3, -0.25) is 4.57 Å². The summed E-state index contributed by atoms with van der Waals surface area (Å²) >= 11 is 0. The minimum atomic E-state index is 0.633. The highest BCUT2D eigenvalue weighted by Gasteiger charge is 2.21. The van der Waals surface area contributed by atoms with Gasteiger partial charge in [0.1, 0.15) is 11.2 Å². The number of benzene rings is 7. The second kappa shape index (κ2) is 9.62. The molecule has 214 valence electrons. The summed E-state index contributed by atoms with van der Waals surface area (Å²) in [5.41, 5.74) is 8.73. The Morgan fingerprint density at radius 1 is 0.435 bits per heavy atom. The van der Waals surface area contributed by atoms with Crippen LogP contribution in [-0.4, -0.2) is 14.5 Å². The number of fused-ring (bicyclic) bond motifs is 9. The van der Waals surface area contributed by atoms with Crippen molar-refractivity contribution < 1.29 is 4.42 Å². The van der Waals surface area contributed by atoms with Crippen LogP contribution in [0, 0.1) is 0 Å². The van der Waals surface area contributed by atoms with Gasteiger partial charge in [-0.1, -0.05) is 127 Å². The topological polar surface area (TPSA) is 43.9 Å². The predicted octanol–water partition coefficient (Wildman–Crippen LogP) is 11.1. The van der Waals surface area contributed by atoms with Crippen molar-refractivity contribution in [2.45, 2.75) is 0 Å². The van der Waals surface area contributed by atoms with Crippen LogP contribution in [0.2, 0.25) is 0 Å². The lowest BCUT2D eigenvalue weighted by Crippen LogP contribution is -2.03. The van der Waals surface area contributed by atoms with E-state index in [1.54, 1.807) is 0 Å². The maximum atomic E-state index is 6.82. The number of hydrogen-bond acceptors (Lipinski definition) is 3. The van der Waals surface area contributed by atoms with Crippen LogP contribution in [0.1, 0.15) is 0 Å². The van der Waals surface area contributed by atoms with Crippen molar-refractivity contribution in [1.29, 1.82) is 0 Å². The Hall–Kier alpha value is -6.26. The van der Waals surface area contributed by atoms with Crippen molar-refractivity contribution in [3.05, 3.63) is 152 Å². The summed E-state index contributed by atoms with van der Waals surface area (Å²) in [6.07, 6.45) is 0. The van der Waals surface area contributed by atoms with Crippen molar-refractivity contribution in [3.63, 3.8) is 0 Å². The van der Waals surface area contributed by atoms with Gasteiger partial charge in [-0.05, 0) is 40.6 Å². The lowest BCUT2D eigenvalue weighted by Gasteiger charge is -2.12. The lowest BCUT2D eigenvalue weighted by atomic mass is 10.0. The third-order valence-corrected chi connectivity index (χ3v) is 9.22. The third-order valence-electron chi connectivity index (χ3n) is 9.22. The van der Waals surface area contributed by atoms with Crippen molar-refractivity contribution in [2.24, 2.45) is 0 Å². The molecule has 0 bridgehead atoms. The number of para-hydroxylation sites is 4. The molecule has 10 rings (SSSR count). The largest absolute Gasteiger partial charge is 0.455 e. The van der Waals surface area contributed by atoms with Gasteiger partial charge in [-0.15, -0.1) is 0 Å². The summed E-state index contributed by atoms with van der Waals surface area (Å²) in [6, 6.07) is 52.9. The Morgan fingerprint density at radius 3 is 1.93 bits per heavy atom. The van der Waals surface area contributed by atoms with Crippen molar-refractivity contribution in [3.8, 4) is 28.3 Å². The Bertz CT molecular complexity index is 2810. The molecule has 0 spiro atoms. The quantitative estimate of drug-likeness (QED) is 0.207. The first kappa shape index (κ1) is 25.1. The van der Waals surface area contributed by atoms with E-state index in [4.69, 9.17) is 14.4 Å². The van der Waals surface area contributed by atoms with Crippen LogP contribution >= 0.6 is 0 Å². The first-order valence-electron chi connectivity index (χ1n) is 15.5. The smallest absolute Gasteiger partial charge is 0.235 e. The zero-order chi connectivity index (χ0) is 30.2. The van der Waals surface area contributed by atoms with E-state index in [2.05, 4.69) is 138 Å². The monoisotopic (exact) mass is 587 g/mol. The third kappa shape index (κ3) is 3.55. The number of aromatic nitrogens is 3. The minimum Gasteiger partial charge on any atom is -0.455 e. The van der Waals surface area contributed by atoms with E-state index in [1.165, 1.54) is 21.5 Å². The maximum absolute atomic E-state index is 6.82. The molecule has 0 atom stereocenters. The summed E-state index contributed by atoms with van der Waals surface area (Å²) in [4.78, 5) is 10.6. The standard InChI is InChI=1S/C42H25N3O/c1-2-12-26(13-3-1)29-18-10-19-30-31-20-11-21-34(41(31)46-40(29)30)39-32-16-6-8-22-35(32)43-42(44-39)45-36-23-9-7-17-33(36)38-28-15-5-4-14-27(28)24-25-37(38)45/h1-25H. The van der Waals surface area contributed by atoms with Gasteiger partial charge < -0.3 is 4.42 Å². The Kier molecular flexibility index (Phi) is 5.25. The van der Waals surface area contributed by atoms with Crippen LogP contribution in [0.25, 0.3) is 93.8 Å². The highest BCUT2D eigenvalue weighted by molar-refractivity contribution is 6.21. The van der Waals surface area contributed by atoms with Gasteiger partial charge in [-0.2, -0.15) is 0 Å². The molecule has 0 unspecified atom stereocenters. The molecule has 0 radical (unpaired) electrons. The Morgan fingerprint density at radius 2 is 1.09 bits per heavy atom. The van der Waals surface area contributed by atoms with Crippen molar-refractivity contribution in [1.82, 2.24) is 14.5 Å². The molecular weight excluding hydrogens is 562 g/mol. The van der Waals surface area contributed by atoms with Crippen LogP contribution < -0.4 is 0 Å². The zero-order valence-electron chi connectivity index (χ0n) is 24.7. The summed E-state index contributed by atoms with van der Waals surface area (Å²) < 4.78 is 9.03. The van der Waals surface area contributed by atoms with Crippen LogP contribution in [-0.2, 0) is 0 Å². The van der Waals surface area contributed by atoms with Gasteiger partial charge in [0, 0.05) is 38.1 Å². The molecule has 0 N–H and O–H groups in total. The van der Waals surface area contributed by atoms with Crippen LogP contribution in [0.15, 0.2) is 156 Å². The molecule has 46 heavy (non-hydrogen) atoms. The number of furan rings is 1. The molecule has 0 fully saturated rings. The Labute approximate surface area is 263 Å². The second-order valence-corrected chi connectivity index (χ2v) is 11.8. The molecule has 10 aromatic rings. The molecule has 0 aliphatic rings. The first-order valence-corrected chi connectivity index (χ1v) is 15.5. The molecule has 3 aromatic heterocycles. The number of nitrogens with zero attached hydrogens (tertiary/aromatic N) is 3. The van der Waals surface area contributed by atoms with Crippen molar-refractivity contribution >= 4 is 65.4 Å². The summed E-state index contributed by atoms with van der Waals surface area (Å²) in [6.45, 7) is 0. The fraction of sp³-hybridized carbons (Fsp3) is 0. The molecular formula is C42H25N3O. The van der Waals surface area contributed by atoms with E-state index in [0.717, 1.165) is 66.3 Å².